The Morgan fingerprint density at radius 3 is 2.48 bits per heavy atom. The highest BCUT2D eigenvalue weighted by Crippen LogP contribution is 2.21. The number of thiol groups is 1. The standard InChI is InChI=1S/C17H17N5O3S.C2H4S/c1-20-15(23)14-12(4-9-26-14)19-17(20)22-7-5-21(6-8-22)11-2-3-13(16(24)25)18-10-11;1-2-3/h2-4,9-10H,5-8H2,1H3,(H,24,25);2-3H,1H2. The molecule has 0 aromatic carbocycles. The minimum Gasteiger partial charge on any atom is -0.477 e. The molecule has 4 heterocycles. The fourth-order valence-electron chi connectivity index (χ4n) is 3.12. The monoisotopic (exact) mass is 431 g/mol. The summed E-state index contributed by atoms with van der Waals surface area (Å²) in [6.45, 7) is 6.15. The number of thiophene rings is 1. The molecule has 1 aliphatic heterocycles. The third kappa shape index (κ3) is 4.43. The number of fused-ring (bicyclic) bond motifs is 1. The summed E-state index contributed by atoms with van der Waals surface area (Å²) in [5, 5.41) is 12.3. The molecule has 0 atom stereocenters. The van der Waals surface area contributed by atoms with Crippen molar-refractivity contribution >= 4 is 51.8 Å². The molecule has 10 heteroatoms. The molecule has 1 aliphatic rings. The Morgan fingerprint density at radius 2 is 1.90 bits per heavy atom. The predicted octanol–water partition coefficient (Wildman–Crippen LogP) is 2.47. The summed E-state index contributed by atoms with van der Waals surface area (Å²) in [5.74, 6) is -0.350. The van der Waals surface area contributed by atoms with Gasteiger partial charge in [-0.15, -0.1) is 11.3 Å². The van der Waals surface area contributed by atoms with Crippen LogP contribution in [0.4, 0.5) is 11.6 Å². The van der Waals surface area contributed by atoms with Crippen molar-refractivity contribution in [2.45, 2.75) is 0 Å². The van der Waals surface area contributed by atoms with Crippen LogP contribution >= 0.6 is 24.0 Å². The number of rotatable bonds is 3. The molecule has 4 rings (SSSR count). The average Bonchev–Trinajstić information content (AvgIpc) is 3.20. The van der Waals surface area contributed by atoms with Crippen LogP contribution in [0, 0.1) is 0 Å². The first-order valence-corrected chi connectivity index (χ1v) is 10.2. The zero-order valence-electron chi connectivity index (χ0n) is 15.9. The first-order chi connectivity index (χ1) is 14.0. The van der Waals surface area contributed by atoms with Gasteiger partial charge in [-0.25, -0.2) is 14.8 Å². The van der Waals surface area contributed by atoms with Crippen molar-refractivity contribution in [3.05, 3.63) is 57.8 Å². The summed E-state index contributed by atoms with van der Waals surface area (Å²) in [6, 6.07) is 5.16. The molecule has 8 nitrogen and oxygen atoms in total. The maximum Gasteiger partial charge on any atom is 0.354 e. The lowest BCUT2D eigenvalue weighted by Gasteiger charge is -2.36. The number of anilines is 2. The second-order valence-corrected chi connectivity index (χ2v) is 7.56. The van der Waals surface area contributed by atoms with Crippen molar-refractivity contribution in [1.82, 2.24) is 14.5 Å². The molecule has 0 saturated carbocycles. The molecule has 1 fully saturated rings. The summed E-state index contributed by atoms with van der Waals surface area (Å²) >= 11 is 4.97. The highest BCUT2D eigenvalue weighted by Gasteiger charge is 2.22. The third-order valence-electron chi connectivity index (χ3n) is 4.56. The predicted molar refractivity (Wildman–Crippen MR) is 120 cm³/mol. The van der Waals surface area contributed by atoms with Crippen molar-refractivity contribution in [3.8, 4) is 0 Å². The summed E-state index contributed by atoms with van der Waals surface area (Å²) in [6.07, 6.45) is 1.59. The van der Waals surface area contributed by atoms with E-state index in [-0.39, 0.29) is 11.3 Å². The van der Waals surface area contributed by atoms with Crippen LogP contribution < -0.4 is 15.4 Å². The van der Waals surface area contributed by atoms with Crippen molar-refractivity contribution < 1.29 is 9.90 Å². The maximum atomic E-state index is 12.5. The minimum atomic E-state index is -1.03. The normalized spacial score (nSPS) is 13.7. The Hall–Kier alpha value is -2.85. The number of carboxylic acid groups (broad SMARTS) is 1. The quantitative estimate of drug-likeness (QED) is 0.616. The van der Waals surface area contributed by atoms with Gasteiger partial charge in [0, 0.05) is 33.2 Å². The SMILES string of the molecule is C=CS.Cn1c(N2CCN(c3ccc(C(=O)O)nc3)CC2)nc2ccsc2c1=O. The van der Waals surface area contributed by atoms with Gasteiger partial charge >= 0.3 is 5.97 Å². The molecule has 0 amide bonds. The molecule has 29 heavy (non-hydrogen) atoms. The number of aromatic carboxylic acids is 1. The van der Waals surface area contributed by atoms with Crippen molar-refractivity contribution in [3.63, 3.8) is 0 Å². The van der Waals surface area contributed by atoms with E-state index in [1.165, 1.54) is 22.8 Å². The van der Waals surface area contributed by atoms with Gasteiger partial charge in [0.05, 0.1) is 17.4 Å². The highest BCUT2D eigenvalue weighted by atomic mass is 32.1. The van der Waals surface area contributed by atoms with Gasteiger partial charge in [0.25, 0.3) is 5.56 Å². The van der Waals surface area contributed by atoms with E-state index in [0.29, 0.717) is 10.6 Å². The lowest BCUT2D eigenvalue weighted by Crippen LogP contribution is -2.48. The molecule has 0 spiro atoms. The first kappa shape index (κ1) is 20.9. The number of carbonyl (C=O) groups is 1. The van der Waals surface area contributed by atoms with Gasteiger partial charge in [0.15, 0.2) is 0 Å². The molecular weight excluding hydrogens is 410 g/mol. The molecular formula is C19H21N5O3S2. The highest BCUT2D eigenvalue weighted by molar-refractivity contribution is 7.83. The molecule has 3 aromatic heterocycles. The van der Waals surface area contributed by atoms with Gasteiger partial charge in [-0.05, 0) is 29.0 Å². The van der Waals surface area contributed by atoms with Crippen molar-refractivity contribution in [1.29, 1.82) is 0 Å². The van der Waals surface area contributed by atoms with Gasteiger partial charge in [-0.2, -0.15) is 12.6 Å². The molecule has 1 saturated heterocycles. The van der Waals surface area contributed by atoms with E-state index in [1.54, 1.807) is 23.9 Å². The molecule has 1 N–H and O–H groups in total. The Morgan fingerprint density at radius 1 is 1.24 bits per heavy atom. The molecule has 0 aliphatic carbocycles. The largest absolute Gasteiger partial charge is 0.477 e. The molecule has 0 unspecified atom stereocenters. The van der Waals surface area contributed by atoms with E-state index in [4.69, 9.17) is 5.11 Å². The van der Waals surface area contributed by atoms with E-state index in [0.717, 1.165) is 37.4 Å². The van der Waals surface area contributed by atoms with Crippen LogP contribution in [0.25, 0.3) is 10.2 Å². The van der Waals surface area contributed by atoms with Crippen LogP contribution in [0.3, 0.4) is 0 Å². The van der Waals surface area contributed by atoms with E-state index >= 15 is 0 Å². The Bertz CT molecular complexity index is 1070. The first-order valence-electron chi connectivity index (χ1n) is 8.85. The maximum absolute atomic E-state index is 12.5. The second-order valence-electron chi connectivity index (χ2n) is 6.27. The van der Waals surface area contributed by atoms with Crippen LogP contribution in [0.15, 0.2) is 46.6 Å². The number of carboxylic acids is 1. The van der Waals surface area contributed by atoms with Crippen LogP contribution in [-0.4, -0.2) is 51.8 Å². The van der Waals surface area contributed by atoms with E-state index < -0.39 is 5.97 Å². The van der Waals surface area contributed by atoms with Gasteiger partial charge in [0.2, 0.25) is 5.95 Å². The van der Waals surface area contributed by atoms with Gasteiger partial charge in [-0.3, -0.25) is 9.36 Å². The minimum absolute atomic E-state index is 0.0177. The van der Waals surface area contributed by atoms with E-state index in [1.807, 2.05) is 11.4 Å². The smallest absolute Gasteiger partial charge is 0.354 e. The summed E-state index contributed by atoms with van der Waals surface area (Å²) in [4.78, 5) is 36.2. The second kappa shape index (κ2) is 9.10. The summed E-state index contributed by atoms with van der Waals surface area (Å²) in [7, 11) is 1.75. The fourth-order valence-corrected chi connectivity index (χ4v) is 3.93. The Balaban J connectivity index is 0.000000755. The topological polar surface area (TPSA) is 91.6 Å². The van der Waals surface area contributed by atoms with Gasteiger partial charge in [-0.1, -0.05) is 6.58 Å². The van der Waals surface area contributed by atoms with Crippen molar-refractivity contribution in [2.75, 3.05) is 36.0 Å². The van der Waals surface area contributed by atoms with E-state index in [2.05, 4.69) is 39.0 Å². The lowest BCUT2D eigenvalue weighted by atomic mass is 10.2. The number of pyridine rings is 1. The van der Waals surface area contributed by atoms with Crippen LogP contribution in [0.5, 0.6) is 0 Å². The molecule has 3 aromatic rings. The number of aromatic nitrogens is 3. The van der Waals surface area contributed by atoms with Crippen LogP contribution in [0.2, 0.25) is 0 Å². The molecule has 0 bridgehead atoms. The Labute approximate surface area is 177 Å². The lowest BCUT2D eigenvalue weighted by molar-refractivity contribution is 0.0690. The zero-order valence-corrected chi connectivity index (χ0v) is 17.6. The average molecular weight is 432 g/mol. The Kier molecular flexibility index (Phi) is 6.55. The summed E-state index contributed by atoms with van der Waals surface area (Å²) < 4.78 is 2.29. The number of piperazine rings is 1. The number of hydrogen-bond donors (Lipinski definition) is 2. The van der Waals surface area contributed by atoms with Crippen molar-refractivity contribution in [2.24, 2.45) is 7.05 Å². The van der Waals surface area contributed by atoms with Crippen LogP contribution in [-0.2, 0) is 7.05 Å². The van der Waals surface area contributed by atoms with Gasteiger partial charge in [0.1, 0.15) is 10.4 Å². The third-order valence-corrected chi connectivity index (χ3v) is 5.45. The fraction of sp³-hybridized carbons (Fsp3) is 0.263. The number of hydrogen-bond acceptors (Lipinski definition) is 8. The van der Waals surface area contributed by atoms with Crippen LogP contribution in [0.1, 0.15) is 10.5 Å². The molecule has 152 valence electrons. The van der Waals surface area contributed by atoms with E-state index in [9.17, 15) is 9.59 Å². The summed E-state index contributed by atoms with van der Waals surface area (Å²) in [5.41, 5.74) is 1.65. The molecule has 0 radical (unpaired) electrons. The zero-order chi connectivity index (χ0) is 21.0. The van der Waals surface area contributed by atoms with Gasteiger partial charge < -0.3 is 14.9 Å². The number of nitrogens with zero attached hydrogens (tertiary/aromatic N) is 5.